The highest BCUT2D eigenvalue weighted by Gasteiger charge is 2.23. The average molecular weight is 298 g/mol. The van der Waals surface area contributed by atoms with Gasteiger partial charge in [-0.2, -0.15) is 4.31 Å². The summed E-state index contributed by atoms with van der Waals surface area (Å²) in [5, 5.41) is 9.82. The zero-order valence-corrected chi connectivity index (χ0v) is 12.4. The first-order valence-electron chi connectivity index (χ1n) is 6.33. The molecule has 110 valence electrons. The number of phenolic OH excluding ortho intramolecular Hbond substituents is 1. The number of aromatic hydroxyl groups is 1. The highest BCUT2D eigenvalue weighted by Crippen LogP contribution is 2.26. The maximum absolute atomic E-state index is 11.4. The van der Waals surface area contributed by atoms with Crippen LogP contribution in [0, 0.1) is 0 Å². The summed E-state index contributed by atoms with van der Waals surface area (Å²) in [6, 6.07) is 4.91. The number of phenols is 1. The number of rotatable bonds is 3. The van der Waals surface area contributed by atoms with Gasteiger partial charge in [-0.25, -0.2) is 8.42 Å². The highest BCUT2D eigenvalue weighted by molar-refractivity contribution is 7.88. The van der Waals surface area contributed by atoms with E-state index in [0.717, 1.165) is 5.69 Å². The fraction of sp³-hybridized carbons (Fsp3) is 0.462. The minimum atomic E-state index is -3.14. The third-order valence-electron chi connectivity index (χ3n) is 3.43. The number of ketones is 1. The van der Waals surface area contributed by atoms with E-state index in [1.807, 2.05) is 4.90 Å². The molecule has 2 rings (SSSR count). The number of hydrogen-bond donors (Lipinski definition) is 1. The summed E-state index contributed by atoms with van der Waals surface area (Å²) in [6.07, 6.45) is 1.20. The molecule has 1 N–H and O–H groups in total. The zero-order valence-electron chi connectivity index (χ0n) is 11.5. The lowest BCUT2D eigenvalue weighted by molar-refractivity contribution is 0.101. The van der Waals surface area contributed by atoms with Gasteiger partial charge in [-0.3, -0.25) is 4.79 Å². The molecule has 0 unspecified atom stereocenters. The van der Waals surface area contributed by atoms with Crippen LogP contribution in [0.25, 0.3) is 0 Å². The van der Waals surface area contributed by atoms with Gasteiger partial charge in [0.1, 0.15) is 5.75 Å². The number of sulfonamides is 1. The van der Waals surface area contributed by atoms with Gasteiger partial charge in [0.15, 0.2) is 5.78 Å². The van der Waals surface area contributed by atoms with Crippen molar-refractivity contribution in [2.24, 2.45) is 0 Å². The van der Waals surface area contributed by atoms with Crippen molar-refractivity contribution in [1.82, 2.24) is 4.31 Å². The van der Waals surface area contributed by atoms with Crippen LogP contribution in [0.4, 0.5) is 5.69 Å². The Morgan fingerprint density at radius 3 is 2.25 bits per heavy atom. The topological polar surface area (TPSA) is 77.9 Å². The van der Waals surface area contributed by atoms with Crippen molar-refractivity contribution in [3.05, 3.63) is 23.8 Å². The van der Waals surface area contributed by atoms with Crippen LogP contribution in [0.3, 0.4) is 0 Å². The van der Waals surface area contributed by atoms with Crippen LogP contribution in [0.1, 0.15) is 17.3 Å². The van der Waals surface area contributed by atoms with Crippen LogP contribution in [-0.2, 0) is 10.0 Å². The molecule has 0 saturated carbocycles. The normalized spacial score (nSPS) is 17.2. The van der Waals surface area contributed by atoms with Crippen molar-refractivity contribution >= 4 is 21.5 Å². The second kappa shape index (κ2) is 5.41. The molecule has 0 bridgehead atoms. The number of carbonyl (C=O) groups is 1. The smallest absolute Gasteiger partial charge is 0.211 e. The van der Waals surface area contributed by atoms with Gasteiger partial charge in [-0.15, -0.1) is 0 Å². The second-order valence-electron chi connectivity index (χ2n) is 4.91. The van der Waals surface area contributed by atoms with Gasteiger partial charge >= 0.3 is 0 Å². The largest absolute Gasteiger partial charge is 0.507 e. The van der Waals surface area contributed by atoms with Crippen molar-refractivity contribution in [2.75, 3.05) is 37.3 Å². The van der Waals surface area contributed by atoms with Crippen LogP contribution >= 0.6 is 0 Å². The number of piperazine rings is 1. The van der Waals surface area contributed by atoms with E-state index in [4.69, 9.17) is 0 Å². The molecule has 1 aromatic carbocycles. The summed E-state index contributed by atoms with van der Waals surface area (Å²) in [7, 11) is -3.14. The molecule has 0 radical (unpaired) electrons. The molecule has 20 heavy (non-hydrogen) atoms. The van der Waals surface area contributed by atoms with Gasteiger partial charge in [0.05, 0.1) is 11.8 Å². The summed E-state index contributed by atoms with van der Waals surface area (Å²) < 4.78 is 24.3. The van der Waals surface area contributed by atoms with E-state index in [2.05, 4.69) is 0 Å². The molecular formula is C13H18N2O4S. The molecule has 0 aliphatic carbocycles. The maximum atomic E-state index is 11.4. The van der Waals surface area contributed by atoms with E-state index in [1.165, 1.54) is 17.5 Å². The molecule has 0 spiro atoms. The Labute approximate surface area is 118 Å². The monoisotopic (exact) mass is 298 g/mol. The minimum absolute atomic E-state index is 0.0412. The first kappa shape index (κ1) is 14.8. The minimum Gasteiger partial charge on any atom is -0.507 e. The summed E-state index contributed by atoms with van der Waals surface area (Å²) in [6.45, 7) is 3.37. The molecule has 0 amide bonds. The fourth-order valence-corrected chi connectivity index (χ4v) is 3.12. The number of carbonyl (C=O) groups excluding carboxylic acids is 1. The lowest BCUT2D eigenvalue weighted by Gasteiger charge is -2.34. The highest BCUT2D eigenvalue weighted by atomic mass is 32.2. The van der Waals surface area contributed by atoms with Crippen molar-refractivity contribution in [2.45, 2.75) is 6.92 Å². The molecule has 7 heteroatoms. The summed E-state index contributed by atoms with van der Waals surface area (Å²) in [5.41, 5.74) is 1.09. The van der Waals surface area contributed by atoms with Gasteiger partial charge in [-0.1, -0.05) is 0 Å². The van der Waals surface area contributed by atoms with Crippen LogP contribution in [0.5, 0.6) is 5.75 Å². The van der Waals surface area contributed by atoms with Crippen molar-refractivity contribution < 1.29 is 18.3 Å². The van der Waals surface area contributed by atoms with E-state index < -0.39 is 10.0 Å². The Hall–Kier alpha value is -1.60. The van der Waals surface area contributed by atoms with Crippen LogP contribution in [-0.4, -0.2) is 56.0 Å². The quantitative estimate of drug-likeness (QED) is 0.830. The first-order chi connectivity index (χ1) is 9.29. The molecule has 1 heterocycles. The number of hydrogen-bond acceptors (Lipinski definition) is 5. The van der Waals surface area contributed by atoms with E-state index >= 15 is 0 Å². The molecule has 1 aromatic rings. The number of anilines is 1. The lowest BCUT2D eigenvalue weighted by atomic mass is 10.1. The average Bonchev–Trinajstić information content (AvgIpc) is 2.37. The summed E-state index contributed by atoms with van der Waals surface area (Å²) in [4.78, 5) is 13.3. The molecule has 1 fully saturated rings. The number of nitrogens with zero attached hydrogens (tertiary/aromatic N) is 2. The third kappa shape index (κ3) is 3.10. The molecule has 1 aliphatic rings. The van der Waals surface area contributed by atoms with E-state index in [-0.39, 0.29) is 11.5 Å². The molecular weight excluding hydrogens is 280 g/mol. The Morgan fingerprint density at radius 2 is 1.80 bits per heavy atom. The van der Waals surface area contributed by atoms with Crippen molar-refractivity contribution in [3.8, 4) is 5.75 Å². The van der Waals surface area contributed by atoms with Gasteiger partial charge in [-0.05, 0) is 19.1 Å². The molecule has 1 saturated heterocycles. The van der Waals surface area contributed by atoms with Crippen LogP contribution in [0.15, 0.2) is 18.2 Å². The van der Waals surface area contributed by atoms with E-state index in [0.29, 0.717) is 31.7 Å². The van der Waals surface area contributed by atoms with Crippen molar-refractivity contribution in [1.29, 1.82) is 0 Å². The molecule has 6 nitrogen and oxygen atoms in total. The first-order valence-corrected chi connectivity index (χ1v) is 8.18. The molecule has 0 atom stereocenters. The SMILES string of the molecule is CC(=O)c1ccc(N2CCN(S(C)(=O)=O)CC2)cc1O. The van der Waals surface area contributed by atoms with Gasteiger partial charge in [0, 0.05) is 37.9 Å². The Kier molecular flexibility index (Phi) is 4.01. The van der Waals surface area contributed by atoms with Gasteiger partial charge < -0.3 is 10.0 Å². The van der Waals surface area contributed by atoms with E-state index in [1.54, 1.807) is 18.2 Å². The summed E-state index contributed by atoms with van der Waals surface area (Å²) >= 11 is 0. The maximum Gasteiger partial charge on any atom is 0.211 e. The standard InChI is InChI=1S/C13H18N2O4S/c1-10(16)12-4-3-11(9-13(12)17)14-5-7-15(8-6-14)20(2,18)19/h3-4,9,17H,5-8H2,1-2H3. The second-order valence-corrected chi connectivity index (χ2v) is 6.89. The number of benzene rings is 1. The van der Waals surface area contributed by atoms with Gasteiger partial charge in [0.25, 0.3) is 0 Å². The van der Waals surface area contributed by atoms with Crippen LogP contribution in [0.2, 0.25) is 0 Å². The van der Waals surface area contributed by atoms with E-state index in [9.17, 15) is 18.3 Å². The number of Topliss-reactive ketones (excluding diaryl/α,β-unsaturated/α-hetero) is 1. The molecule has 0 aromatic heterocycles. The lowest BCUT2D eigenvalue weighted by Crippen LogP contribution is -2.48. The predicted octanol–water partition coefficient (Wildman–Crippen LogP) is 0.676. The van der Waals surface area contributed by atoms with Gasteiger partial charge in [0.2, 0.25) is 10.0 Å². The fourth-order valence-electron chi connectivity index (χ4n) is 2.29. The Bertz CT molecular complexity index is 619. The Morgan fingerprint density at radius 1 is 1.20 bits per heavy atom. The summed E-state index contributed by atoms with van der Waals surface area (Å²) in [5.74, 6) is -0.225. The predicted molar refractivity (Wildman–Crippen MR) is 76.7 cm³/mol. The van der Waals surface area contributed by atoms with Crippen molar-refractivity contribution in [3.63, 3.8) is 0 Å². The molecule has 1 aliphatic heterocycles. The third-order valence-corrected chi connectivity index (χ3v) is 4.74. The zero-order chi connectivity index (χ0) is 14.9. The Balaban J connectivity index is 2.11. The van der Waals surface area contributed by atoms with Crippen LogP contribution < -0.4 is 4.90 Å².